The van der Waals surface area contributed by atoms with Crippen LogP contribution in [0.5, 0.6) is 0 Å². The number of hydrogen-bond donors (Lipinski definition) is 3. The van der Waals surface area contributed by atoms with E-state index in [0.29, 0.717) is 6.61 Å². The van der Waals surface area contributed by atoms with Crippen LogP contribution in [0.4, 0.5) is 0 Å². The van der Waals surface area contributed by atoms with Crippen LogP contribution in [-0.4, -0.2) is 18.3 Å². The van der Waals surface area contributed by atoms with Crippen molar-refractivity contribution >= 4 is 22.6 Å². The molecule has 0 atom stereocenters. The Morgan fingerprint density at radius 2 is 1.90 bits per heavy atom. The third kappa shape index (κ3) is 8.62. The second-order valence-electron chi connectivity index (χ2n) is 2.12. The molecule has 0 heterocycles. The van der Waals surface area contributed by atoms with Crippen molar-refractivity contribution in [2.75, 3.05) is 13.2 Å². The van der Waals surface area contributed by atoms with Crippen LogP contribution in [0.25, 0.3) is 0 Å². The van der Waals surface area contributed by atoms with Gasteiger partial charge in [0, 0.05) is 13.2 Å². The summed E-state index contributed by atoms with van der Waals surface area (Å²) in [5.74, 6) is 0. The summed E-state index contributed by atoms with van der Waals surface area (Å²) in [6, 6.07) is 0. The molecule has 10 heavy (non-hydrogen) atoms. The number of rotatable bonds is 7. The lowest BCUT2D eigenvalue weighted by atomic mass is 10.2. The third-order valence-corrected chi connectivity index (χ3v) is 1.97. The summed E-state index contributed by atoms with van der Waals surface area (Å²) in [4.78, 5) is 0. The van der Waals surface area contributed by atoms with Gasteiger partial charge in [-0.2, -0.15) is 0 Å². The molecule has 0 fully saturated rings. The van der Waals surface area contributed by atoms with E-state index < -0.39 is 0 Å². The van der Waals surface area contributed by atoms with Crippen molar-refractivity contribution in [1.29, 1.82) is 0 Å². The lowest BCUT2D eigenvalue weighted by Crippen LogP contribution is -2.02. The Bertz CT molecular complexity index is 55.7. The number of thiol groups is 1. The fourth-order valence-corrected chi connectivity index (χ4v) is 1.22. The molecule has 0 aliphatic rings. The summed E-state index contributed by atoms with van der Waals surface area (Å²) < 4.78 is 3.04. The van der Waals surface area contributed by atoms with Crippen LogP contribution in [0.2, 0.25) is 0 Å². The van der Waals surface area contributed by atoms with E-state index in [1.807, 2.05) is 0 Å². The molecular formula is C6H15NOS2. The van der Waals surface area contributed by atoms with Crippen LogP contribution in [0.3, 0.4) is 0 Å². The van der Waals surface area contributed by atoms with Gasteiger partial charge in [0.2, 0.25) is 0 Å². The van der Waals surface area contributed by atoms with E-state index in [1.165, 1.54) is 23.8 Å². The first-order valence-electron chi connectivity index (χ1n) is 3.56. The maximum absolute atomic E-state index is 8.44. The molecule has 62 valence electrons. The van der Waals surface area contributed by atoms with E-state index in [4.69, 9.17) is 5.11 Å². The second kappa shape index (κ2) is 9.62. The predicted molar refractivity (Wildman–Crippen MR) is 50.1 cm³/mol. The molecule has 0 radical (unpaired) electrons. The number of hydrogen-bond acceptors (Lipinski definition) is 4. The van der Waals surface area contributed by atoms with E-state index >= 15 is 0 Å². The minimum Gasteiger partial charge on any atom is -0.396 e. The summed E-state index contributed by atoms with van der Waals surface area (Å²) in [6.07, 6.45) is 4.44. The van der Waals surface area contributed by atoms with Crippen LogP contribution in [-0.2, 0) is 0 Å². The second-order valence-corrected chi connectivity index (χ2v) is 3.14. The number of nitrogens with one attached hydrogen (secondary N) is 1. The standard InChI is InChI=1S/C6H15NOS2/c8-6-4-2-1-3-5-7-10-9/h7-9H,1-6H2. The molecule has 4 heteroatoms. The van der Waals surface area contributed by atoms with Gasteiger partial charge >= 0.3 is 0 Å². The molecule has 0 unspecified atom stereocenters. The Morgan fingerprint density at radius 1 is 1.20 bits per heavy atom. The predicted octanol–water partition coefficient (Wildman–Crippen LogP) is 1.62. The molecule has 0 spiro atoms. The average Bonchev–Trinajstić information content (AvgIpc) is 1.97. The number of aliphatic hydroxyl groups is 1. The smallest absolute Gasteiger partial charge is 0.0431 e. The molecule has 0 aromatic carbocycles. The minimum absolute atomic E-state index is 0.328. The maximum Gasteiger partial charge on any atom is 0.0431 e. The zero-order chi connectivity index (χ0) is 7.66. The maximum atomic E-state index is 8.44. The highest BCUT2D eigenvalue weighted by Crippen LogP contribution is 2.01. The van der Waals surface area contributed by atoms with Crippen LogP contribution in [0.15, 0.2) is 0 Å². The SMILES string of the molecule is OCCCCCCNSS. The molecular weight excluding hydrogens is 166 g/mol. The minimum atomic E-state index is 0.328. The Kier molecular flexibility index (Phi) is 10.2. The topological polar surface area (TPSA) is 32.3 Å². The van der Waals surface area contributed by atoms with Crippen molar-refractivity contribution in [2.24, 2.45) is 0 Å². The van der Waals surface area contributed by atoms with Crippen LogP contribution in [0.1, 0.15) is 25.7 Å². The summed E-state index contributed by atoms with van der Waals surface area (Å²) >= 11 is 3.93. The van der Waals surface area contributed by atoms with Gasteiger partial charge in [0.1, 0.15) is 0 Å². The van der Waals surface area contributed by atoms with E-state index in [1.54, 1.807) is 0 Å². The molecule has 0 saturated carbocycles. The Morgan fingerprint density at radius 3 is 2.50 bits per heavy atom. The largest absolute Gasteiger partial charge is 0.396 e. The van der Waals surface area contributed by atoms with Gasteiger partial charge in [-0.05, 0) is 23.8 Å². The first-order valence-corrected chi connectivity index (χ1v) is 5.43. The zero-order valence-corrected chi connectivity index (χ0v) is 7.76. The summed E-state index contributed by atoms with van der Waals surface area (Å²) in [5, 5.41) is 8.44. The summed E-state index contributed by atoms with van der Waals surface area (Å²) in [6.45, 7) is 1.34. The quantitative estimate of drug-likeness (QED) is 0.241. The van der Waals surface area contributed by atoms with E-state index in [9.17, 15) is 0 Å². The lowest BCUT2D eigenvalue weighted by molar-refractivity contribution is 0.282. The molecule has 0 aromatic heterocycles. The van der Waals surface area contributed by atoms with Gasteiger partial charge in [-0.3, -0.25) is 4.72 Å². The highest BCUT2D eigenvalue weighted by atomic mass is 33.1. The van der Waals surface area contributed by atoms with Crippen molar-refractivity contribution in [3.63, 3.8) is 0 Å². The van der Waals surface area contributed by atoms with Gasteiger partial charge in [-0.1, -0.05) is 24.5 Å². The Balaban J connectivity index is 2.65. The molecule has 0 rings (SSSR count). The highest BCUT2D eigenvalue weighted by molar-refractivity contribution is 8.67. The lowest BCUT2D eigenvalue weighted by Gasteiger charge is -1.98. The Hall–Kier alpha value is 0.620. The van der Waals surface area contributed by atoms with Crippen LogP contribution < -0.4 is 4.72 Å². The van der Waals surface area contributed by atoms with Crippen molar-refractivity contribution in [1.82, 2.24) is 4.72 Å². The number of aliphatic hydroxyl groups excluding tert-OH is 1. The van der Waals surface area contributed by atoms with Gasteiger partial charge in [-0.15, -0.1) is 0 Å². The molecule has 0 bridgehead atoms. The van der Waals surface area contributed by atoms with Gasteiger partial charge in [-0.25, -0.2) is 0 Å². The summed E-state index contributed by atoms with van der Waals surface area (Å²) in [5.41, 5.74) is 0. The van der Waals surface area contributed by atoms with Crippen molar-refractivity contribution in [3.8, 4) is 0 Å². The molecule has 0 aromatic rings. The number of unbranched alkanes of at least 4 members (excludes halogenated alkanes) is 3. The van der Waals surface area contributed by atoms with Crippen LogP contribution in [0, 0.1) is 0 Å². The van der Waals surface area contributed by atoms with Crippen molar-refractivity contribution in [3.05, 3.63) is 0 Å². The summed E-state index contributed by atoms with van der Waals surface area (Å²) in [7, 11) is 1.36. The van der Waals surface area contributed by atoms with Crippen molar-refractivity contribution < 1.29 is 5.11 Å². The molecule has 0 amide bonds. The highest BCUT2D eigenvalue weighted by Gasteiger charge is 1.87. The van der Waals surface area contributed by atoms with E-state index in [2.05, 4.69) is 16.4 Å². The fraction of sp³-hybridized carbons (Fsp3) is 1.00. The molecule has 0 saturated heterocycles. The van der Waals surface area contributed by atoms with Gasteiger partial charge < -0.3 is 5.11 Å². The van der Waals surface area contributed by atoms with E-state index in [-0.39, 0.29) is 0 Å². The monoisotopic (exact) mass is 181 g/mol. The van der Waals surface area contributed by atoms with Crippen LogP contribution >= 0.6 is 22.6 Å². The van der Waals surface area contributed by atoms with Crippen molar-refractivity contribution in [2.45, 2.75) is 25.7 Å². The first kappa shape index (κ1) is 10.6. The first-order chi connectivity index (χ1) is 4.91. The normalized spacial score (nSPS) is 10.2. The van der Waals surface area contributed by atoms with Gasteiger partial charge in [0.05, 0.1) is 0 Å². The molecule has 0 aliphatic carbocycles. The molecule has 2 N–H and O–H groups in total. The fourth-order valence-electron chi connectivity index (χ4n) is 0.708. The Labute approximate surface area is 71.7 Å². The van der Waals surface area contributed by atoms with E-state index in [0.717, 1.165) is 19.4 Å². The zero-order valence-electron chi connectivity index (χ0n) is 6.05. The average molecular weight is 181 g/mol. The molecule has 0 aliphatic heterocycles. The molecule has 2 nitrogen and oxygen atoms in total. The van der Waals surface area contributed by atoms with Gasteiger partial charge in [0.25, 0.3) is 0 Å². The van der Waals surface area contributed by atoms with Gasteiger partial charge in [0.15, 0.2) is 0 Å². The third-order valence-electron chi connectivity index (χ3n) is 1.25.